The van der Waals surface area contributed by atoms with Crippen LogP contribution in [0.1, 0.15) is 11.1 Å². The molecule has 0 amide bonds. The summed E-state index contributed by atoms with van der Waals surface area (Å²) in [6.45, 7) is 0.331. The molecule has 0 N–H and O–H groups in total. The van der Waals surface area contributed by atoms with Crippen molar-refractivity contribution < 1.29 is 9.47 Å². The van der Waals surface area contributed by atoms with Gasteiger partial charge in [0, 0.05) is 18.0 Å². The van der Waals surface area contributed by atoms with Crippen molar-refractivity contribution in [2.75, 3.05) is 6.79 Å². The van der Waals surface area contributed by atoms with E-state index in [1.807, 2.05) is 12.4 Å². The number of rotatable bonds is 0. The van der Waals surface area contributed by atoms with Crippen LogP contribution in [0.4, 0.5) is 0 Å². The lowest BCUT2D eigenvalue weighted by Crippen LogP contribution is -2.04. The molecule has 0 fully saturated rings. The predicted octanol–water partition coefficient (Wildman–Crippen LogP) is 2.58. The van der Waals surface area contributed by atoms with Crippen molar-refractivity contribution in [3.63, 3.8) is 0 Å². The third-order valence-corrected chi connectivity index (χ3v) is 3.46. The topological polar surface area (TPSA) is 31.4 Å². The van der Waals surface area contributed by atoms with Gasteiger partial charge < -0.3 is 9.47 Å². The van der Waals surface area contributed by atoms with Gasteiger partial charge in [0.15, 0.2) is 11.5 Å². The van der Waals surface area contributed by atoms with Gasteiger partial charge in [-0.05, 0) is 47.7 Å². The van der Waals surface area contributed by atoms with Crippen molar-refractivity contribution >= 4 is 0 Å². The summed E-state index contributed by atoms with van der Waals surface area (Å²) in [7, 11) is 0. The molecule has 3 heteroatoms. The second-order valence-corrected chi connectivity index (χ2v) is 4.40. The third kappa shape index (κ3) is 1.25. The molecular weight excluding hydrogens is 214 g/mol. The maximum atomic E-state index is 5.44. The van der Waals surface area contributed by atoms with Crippen molar-refractivity contribution in [2.24, 2.45) is 0 Å². The first-order chi connectivity index (χ1) is 8.42. The fourth-order valence-corrected chi connectivity index (χ4v) is 2.59. The van der Waals surface area contributed by atoms with Gasteiger partial charge in [-0.1, -0.05) is 0 Å². The van der Waals surface area contributed by atoms with Crippen molar-refractivity contribution in [3.8, 4) is 22.6 Å². The molecule has 1 aliphatic carbocycles. The maximum Gasteiger partial charge on any atom is 0.231 e. The zero-order valence-corrected chi connectivity index (χ0v) is 9.27. The van der Waals surface area contributed by atoms with Gasteiger partial charge in [0.25, 0.3) is 0 Å². The Morgan fingerprint density at radius 3 is 2.71 bits per heavy atom. The lowest BCUT2D eigenvalue weighted by atomic mass is 9.86. The molecule has 2 aliphatic rings. The van der Waals surface area contributed by atoms with Crippen molar-refractivity contribution in [2.45, 2.75) is 12.8 Å². The Labute approximate surface area is 99.0 Å². The number of hydrogen-bond acceptors (Lipinski definition) is 3. The Morgan fingerprint density at radius 1 is 0.941 bits per heavy atom. The van der Waals surface area contributed by atoms with Gasteiger partial charge in [0.05, 0.1) is 0 Å². The van der Waals surface area contributed by atoms with E-state index >= 15 is 0 Å². The van der Waals surface area contributed by atoms with Crippen LogP contribution in [0.2, 0.25) is 0 Å². The standard InChI is InChI=1S/C14H11NO2/c1-2-10-5-13-14(17-8-16-13)6-11(10)12-7-15-4-3-9(1)12/h3-7H,1-2,8H2. The van der Waals surface area contributed by atoms with E-state index in [0.29, 0.717) is 6.79 Å². The second kappa shape index (κ2) is 3.23. The summed E-state index contributed by atoms with van der Waals surface area (Å²) >= 11 is 0. The van der Waals surface area contributed by atoms with Crippen LogP contribution in [0.15, 0.2) is 30.6 Å². The lowest BCUT2D eigenvalue weighted by molar-refractivity contribution is 0.174. The highest BCUT2D eigenvalue weighted by Gasteiger charge is 2.22. The fourth-order valence-electron chi connectivity index (χ4n) is 2.59. The molecule has 3 nitrogen and oxygen atoms in total. The van der Waals surface area contributed by atoms with Crippen molar-refractivity contribution in [1.82, 2.24) is 4.98 Å². The molecule has 0 saturated heterocycles. The zero-order chi connectivity index (χ0) is 11.2. The smallest absolute Gasteiger partial charge is 0.231 e. The van der Waals surface area contributed by atoms with E-state index in [1.54, 1.807) is 0 Å². The zero-order valence-electron chi connectivity index (χ0n) is 9.27. The summed E-state index contributed by atoms with van der Waals surface area (Å²) in [6, 6.07) is 6.29. The first-order valence-corrected chi connectivity index (χ1v) is 5.77. The molecule has 4 rings (SSSR count). The molecule has 0 spiro atoms. The normalized spacial score (nSPS) is 15.3. The Balaban J connectivity index is 1.98. The van der Waals surface area contributed by atoms with Crippen molar-refractivity contribution in [1.29, 1.82) is 0 Å². The number of pyridine rings is 1. The maximum absolute atomic E-state index is 5.44. The van der Waals surface area contributed by atoms with Gasteiger partial charge in [-0.3, -0.25) is 4.98 Å². The minimum absolute atomic E-state index is 0.331. The minimum atomic E-state index is 0.331. The molecule has 2 aromatic rings. The number of ether oxygens (including phenoxy) is 2. The number of aryl methyl sites for hydroxylation is 2. The van der Waals surface area contributed by atoms with E-state index in [-0.39, 0.29) is 0 Å². The van der Waals surface area contributed by atoms with Gasteiger partial charge in [0.2, 0.25) is 6.79 Å². The molecule has 1 aromatic carbocycles. The average Bonchev–Trinajstić information content (AvgIpc) is 2.83. The SMILES string of the molecule is c1cc2c(cn1)-c1cc3c(cc1CC2)OCO3. The Bertz CT molecular complexity index is 607. The number of hydrogen-bond donors (Lipinski definition) is 0. The summed E-state index contributed by atoms with van der Waals surface area (Å²) in [5.74, 6) is 1.72. The highest BCUT2D eigenvalue weighted by atomic mass is 16.7. The average molecular weight is 225 g/mol. The highest BCUT2D eigenvalue weighted by Crippen LogP contribution is 2.41. The van der Waals surface area contributed by atoms with Gasteiger partial charge >= 0.3 is 0 Å². The number of benzene rings is 1. The fraction of sp³-hybridized carbons (Fsp3) is 0.214. The molecule has 0 radical (unpaired) electrons. The molecule has 0 bridgehead atoms. The number of aromatic nitrogens is 1. The van der Waals surface area contributed by atoms with Gasteiger partial charge in [-0.2, -0.15) is 0 Å². The van der Waals surface area contributed by atoms with Crippen LogP contribution in [0.25, 0.3) is 11.1 Å². The first kappa shape index (κ1) is 9.05. The largest absolute Gasteiger partial charge is 0.454 e. The van der Waals surface area contributed by atoms with Crippen LogP contribution in [0.3, 0.4) is 0 Å². The molecule has 17 heavy (non-hydrogen) atoms. The van der Waals surface area contributed by atoms with E-state index < -0.39 is 0 Å². The number of fused-ring (bicyclic) bond motifs is 4. The number of nitrogens with zero attached hydrogens (tertiary/aromatic N) is 1. The Hall–Kier alpha value is -2.03. The first-order valence-electron chi connectivity index (χ1n) is 5.77. The second-order valence-electron chi connectivity index (χ2n) is 4.40. The summed E-state index contributed by atoms with van der Waals surface area (Å²) in [5.41, 5.74) is 5.16. The summed E-state index contributed by atoms with van der Waals surface area (Å²) in [4.78, 5) is 4.22. The monoisotopic (exact) mass is 225 g/mol. The van der Waals surface area contributed by atoms with Crippen LogP contribution in [0.5, 0.6) is 11.5 Å². The van der Waals surface area contributed by atoms with Crippen LogP contribution in [-0.4, -0.2) is 11.8 Å². The van der Waals surface area contributed by atoms with Crippen LogP contribution >= 0.6 is 0 Å². The quantitative estimate of drug-likeness (QED) is 0.690. The molecule has 1 aliphatic heterocycles. The van der Waals surface area contributed by atoms with E-state index in [2.05, 4.69) is 23.2 Å². The van der Waals surface area contributed by atoms with E-state index in [4.69, 9.17) is 9.47 Å². The van der Waals surface area contributed by atoms with Crippen LogP contribution < -0.4 is 9.47 Å². The minimum Gasteiger partial charge on any atom is -0.454 e. The van der Waals surface area contributed by atoms with Crippen LogP contribution in [-0.2, 0) is 12.8 Å². The van der Waals surface area contributed by atoms with Gasteiger partial charge in [0.1, 0.15) is 0 Å². The summed E-state index contributed by atoms with van der Waals surface area (Å²) in [6.07, 6.45) is 5.93. The van der Waals surface area contributed by atoms with Gasteiger partial charge in [-0.15, -0.1) is 0 Å². The predicted molar refractivity (Wildman–Crippen MR) is 63.2 cm³/mol. The molecule has 2 heterocycles. The third-order valence-electron chi connectivity index (χ3n) is 3.46. The molecule has 1 aromatic heterocycles. The lowest BCUT2D eigenvalue weighted by Gasteiger charge is -2.19. The van der Waals surface area contributed by atoms with E-state index in [0.717, 1.165) is 24.3 Å². The molecule has 0 atom stereocenters. The molecule has 0 unspecified atom stereocenters. The van der Waals surface area contributed by atoms with E-state index in [1.165, 1.54) is 22.3 Å². The summed E-state index contributed by atoms with van der Waals surface area (Å²) in [5, 5.41) is 0. The molecule has 0 saturated carbocycles. The highest BCUT2D eigenvalue weighted by molar-refractivity contribution is 5.75. The van der Waals surface area contributed by atoms with Crippen LogP contribution in [0, 0.1) is 0 Å². The Kier molecular flexibility index (Phi) is 1.72. The molecule has 84 valence electrons. The molecular formula is C14H11NO2. The Morgan fingerprint density at radius 2 is 1.76 bits per heavy atom. The summed E-state index contributed by atoms with van der Waals surface area (Å²) < 4.78 is 10.9. The van der Waals surface area contributed by atoms with Gasteiger partial charge in [-0.25, -0.2) is 0 Å². The van der Waals surface area contributed by atoms with Crippen molar-refractivity contribution in [3.05, 3.63) is 41.7 Å². The van der Waals surface area contributed by atoms with E-state index in [9.17, 15) is 0 Å².